The van der Waals surface area contributed by atoms with Crippen molar-refractivity contribution in [3.63, 3.8) is 0 Å². The summed E-state index contributed by atoms with van der Waals surface area (Å²) in [5, 5.41) is 0.967. The smallest absolute Gasteiger partial charge is 0.316 e. The molecule has 4 atom stereocenters. The maximum atomic E-state index is 12.4. The maximum absolute atomic E-state index is 12.4. The first-order valence-electron chi connectivity index (χ1n) is 6.48. The summed E-state index contributed by atoms with van der Waals surface area (Å²) in [6.07, 6.45) is 0.531. The van der Waals surface area contributed by atoms with Crippen LogP contribution in [0.2, 0.25) is 0 Å². The molecule has 0 saturated carbocycles. The number of Topliss-reactive ketones (excluding diaryl/α,β-unsaturated/α-hetero) is 1. The molecule has 0 aromatic heterocycles. The second-order valence-corrected chi connectivity index (χ2v) is 7.48. The van der Waals surface area contributed by atoms with Gasteiger partial charge in [-0.15, -0.1) is 11.8 Å². The van der Waals surface area contributed by atoms with Crippen LogP contribution in [0.5, 0.6) is 0 Å². The van der Waals surface area contributed by atoms with Crippen molar-refractivity contribution in [3.05, 3.63) is 0 Å². The highest BCUT2D eigenvalue weighted by atomic mass is 32.2. The summed E-state index contributed by atoms with van der Waals surface area (Å²) < 4.78 is 4.98. The van der Waals surface area contributed by atoms with Gasteiger partial charge in [-0.2, -0.15) is 11.8 Å². The van der Waals surface area contributed by atoms with Gasteiger partial charge in [-0.25, -0.2) is 0 Å². The zero-order valence-electron chi connectivity index (χ0n) is 11.5. The molecule has 1 saturated heterocycles. The third-order valence-corrected chi connectivity index (χ3v) is 6.60. The van der Waals surface area contributed by atoms with Crippen LogP contribution in [0.4, 0.5) is 0 Å². The number of carbonyl (C=O) groups is 2. The molecule has 18 heavy (non-hydrogen) atoms. The van der Waals surface area contributed by atoms with E-state index in [9.17, 15) is 9.59 Å². The van der Waals surface area contributed by atoms with Crippen LogP contribution in [0.15, 0.2) is 0 Å². The Hall–Kier alpha value is -0.160. The minimum absolute atomic E-state index is 0.0483. The molecular weight excluding hydrogens is 268 g/mol. The summed E-state index contributed by atoms with van der Waals surface area (Å²) in [4.78, 5) is 24.1. The molecule has 1 aliphatic rings. The van der Waals surface area contributed by atoms with Gasteiger partial charge in [0.15, 0.2) is 5.78 Å². The van der Waals surface area contributed by atoms with Gasteiger partial charge in [-0.1, -0.05) is 20.8 Å². The van der Waals surface area contributed by atoms with Crippen LogP contribution in [0, 0.1) is 5.92 Å². The van der Waals surface area contributed by atoms with Crippen molar-refractivity contribution in [1.82, 2.24) is 0 Å². The van der Waals surface area contributed by atoms with Gasteiger partial charge in [0.25, 0.3) is 0 Å². The van der Waals surface area contributed by atoms with Gasteiger partial charge in [0, 0.05) is 16.3 Å². The molecule has 0 radical (unpaired) electrons. The van der Waals surface area contributed by atoms with E-state index in [0.29, 0.717) is 23.5 Å². The third-order valence-electron chi connectivity index (χ3n) is 3.19. The Morgan fingerprint density at radius 3 is 2.44 bits per heavy atom. The molecule has 1 rings (SSSR count). The summed E-state index contributed by atoms with van der Waals surface area (Å²) in [6, 6.07) is 0. The van der Waals surface area contributed by atoms with E-state index in [-0.39, 0.29) is 17.0 Å². The van der Waals surface area contributed by atoms with E-state index in [2.05, 4.69) is 13.8 Å². The fourth-order valence-electron chi connectivity index (χ4n) is 1.88. The van der Waals surface area contributed by atoms with Gasteiger partial charge in [0.1, 0.15) is 5.92 Å². The molecule has 1 aliphatic heterocycles. The lowest BCUT2D eigenvalue weighted by Gasteiger charge is -2.31. The molecule has 0 spiro atoms. The van der Waals surface area contributed by atoms with Crippen molar-refractivity contribution in [1.29, 1.82) is 0 Å². The highest BCUT2D eigenvalue weighted by molar-refractivity contribution is 8.08. The first kappa shape index (κ1) is 15.9. The molecule has 104 valence electrons. The first-order valence-corrected chi connectivity index (χ1v) is 8.47. The lowest BCUT2D eigenvalue weighted by atomic mass is 9.99. The predicted molar refractivity (Wildman–Crippen MR) is 78.2 cm³/mol. The summed E-state index contributed by atoms with van der Waals surface area (Å²) in [5.41, 5.74) is 0. The quantitative estimate of drug-likeness (QED) is 0.575. The molecule has 0 aromatic rings. The third kappa shape index (κ3) is 3.92. The van der Waals surface area contributed by atoms with E-state index in [4.69, 9.17) is 4.74 Å². The van der Waals surface area contributed by atoms with Crippen molar-refractivity contribution in [2.24, 2.45) is 5.92 Å². The Balaban J connectivity index is 2.64. The SMILES string of the molecule is CCOC(=O)C(CC)C(=O)C1CSC(C)C(C)S1. The lowest BCUT2D eigenvalue weighted by molar-refractivity contribution is -0.151. The summed E-state index contributed by atoms with van der Waals surface area (Å²) >= 11 is 3.53. The van der Waals surface area contributed by atoms with Gasteiger partial charge in [-0.05, 0) is 13.3 Å². The van der Waals surface area contributed by atoms with Gasteiger partial charge >= 0.3 is 5.97 Å². The highest BCUT2D eigenvalue weighted by Gasteiger charge is 2.36. The number of hydrogen-bond acceptors (Lipinski definition) is 5. The molecule has 5 heteroatoms. The van der Waals surface area contributed by atoms with Crippen molar-refractivity contribution >= 4 is 35.3 Å². The number of carbonyl (C=O) groups excluding carboxylic acids is 2. The van der Waals surface area contributed by atoms with Crippen LogP contribution in [-0.2, 0) is 14.3 Å². The van der Waals surface area contributed by atoms with Gasteiger partial charge in [-0.3, -0.25) is 9.59 Å². The minimum Gasteiger partial charge on any atom is -0.465 e. The standard InChI is InChI=1S/C13H22O3S2/c1-5-10(13(15)16-6-2)12(14)11-7-17-8(3)9(4)18-11/h8-11H,5-7H2,1-4H3. The average molecular weight is 290 g/mol. The lowest BCUT2D eigenvalue weighted by Crippen LogP contribution is -2.38. The predicted octanol–water partition coefficient (Wildman–Crippen LogP) is 2.77. The fraction of sp³-hybridized carbons (Fsp3) is 0.846. The van der Waals surface area contributed by atoms with Crippen molar-refractivity contribution < 1.29 is 14.3 Å². The number of rotatable bonds is 5. The molecule has 0 amide bonds. The van der Waals surface area contributed by atoms with E-state index in [0.717, 1.165) is 5.75 Å². The van der Waals surface area contributed by atoms with Crippen LogP contribution in [0.1, 0.15) is 34.1 Å². The van der Waals surface area contributed by atoms with E-state index in [1.54, 1.807) is 18.7 Å². The molecule has 0 aromatic carbocycles. The Morgan fingerprint density at radius 1 is 1.28 bits per heavy atom. The number of hydrogen-bond donors (Lipinski definition) is 0. The van der Waals surface area contributed by atoms with Gasteiger partial charge in [0.05, 0.1) is 11.9 Å². The molecule has 0 N–H and O–H groups in total. The van der Waals surface area contributed by atoms with Crippen molar-refractivity contribution in [2.75, 3.05) is 12.4 Å². The van der Waals surface area contributed by atoms with Crippen LogP contribution < -0.4 is 0 Å². The topological polar surface area (TPSA) is 43.4 Å². The Kier molecular flexibility index (Phi) is 6.57. The van der Waals surface area contributed by atoms with E-state index >= 15 is 0 Å². The van der Waals surface area contributed by atoms with Crippen LogP contribution in [0.3, 0.4) is 0 Å². The van der Waals surface area contributed by atoms with Crippen LogP contribution in [-0.4, -0.2) is 39.9 Å². The molecule has 0 bridgehead atoms. The molecular formula is C13H22O3S2. The normalized spacial score (nSPS) is 29.7. The van der Waals surface area contributed by atoms with Crippen molar-refractivity contribution in [3.8, 4) is 0 Å². The largest absolute Gasteiger partial charge is 0.465 e. The number of thioether (sulfide) groups is 2. The van der Waals surface area contributed by atoms with Crippen molar-refractivity contribution in [2.45, 2.75) is 49.9 Å². The maximum Gasteiger partial charge on any atom is 0.316 e. The number of ketones is 1. The first-order chi connectivity index (χ1) is 8.51. The molecule has 4 unspecified atom stereocenters. The van der Waals surface area contributed by atoms with Crippen LogP contribution >= 0.6 is 23.5 Å². The van der Waals surface area contributed by atoms with E-state index < -0.39 is 5.92 Å². The zero-order chi connectivity index (χ0) is 13.7. The summed E-state index contributed by atoms with van der Waals surface area (Å²) in [7, 11) is 0. The van der Waals surface area contributed by atoms with E-state index in [1.165, 1.54) is 0 Å². The summed E-state index contributed by atoms with van der Waals surface area (Å²) in [6.45, 7) is 8.30. The van der Waals surface area contributed by atoms with Gasteiger partial charge in [0.2, 0.25) is 0 Å². The second kappa shape index (κ2) is 7.43. The Morgan fingerprint density at radius 2 is 1.94 bits per heavy atom. The molecule has 0 aliphatic carbocycles. The molecule has 1 heterocycles. The number of esters is 1. The fourth-order valence-corrected chi connectivity index (χ4v) is 4.81. The van der Waals surface area contributed by atoms with Gasteiger partial charge < -0.3 is 4.74 Å². The molecule has 1 fully saturated rings. The number of ether oxygens (including phenoxy) is 1. The van der Waals surface area contributed by atoms with E-state index in [1.807, 2.05) is 18.7 Å². The Labute approximate surface area is 118 Å². The summed E-state index contributed by atoms with van der Waals surface area (Å²) in [5.74, 6) is -0.0806. The average Bonchev–Trinajstić information content (AvgIpc) is 2.33. The monoisotopic (exact) mass is 290 g/mol. The molecule has 3 nitrogen and oxygen atoms in total. The van der Waals surface area contributed by atoms with Crippen LogP contribution in [0.25, 0.3) is 0 Å². The highest BCUT2D eigenvalue weighted by Crippen LogP contribution is 2.37. The second-order valence-electron chi connectivity index (χ2n) is 4.48. The Bertz CT molecular complexity index is 307. The zero-order valence-corrected chi connectivity index (χ0v) is 13.1. The minimum atomic E-state index is -0.580.